The van der Waals surface area contributed by atoms with Crippen molar-refractivity contribution in [2.45, 2.75) is 11.1 Å². The molecule has 1 aromatic carbocycles. The maximum absolute atomic E-state index is 12.6. The molecule has 0 saturated carbocycles. The van der Waals surface area contributed by atoms with E-state index >= 15 is 0 Å². The van der Waals surface area contributed by atoms with Crippen LogP contribution in [0, 0.1) is 3.57 Å². The second-order valence-corrected chi connectivity index (χ2v) is 6.87. The first-order valence-electron chi connectivity index (χ1n) is 3.92. The predicted molar refractivity (Wildman–Crippen MR) is 57.0 cm³/mol. The molecule has 15 heavy (non-hydrogen) atoms. The van der Waals surface area contributed by atoms with Crippen LogP contribution in [-0.2, 0) is 7.86 Å². The van der Waals surface area contributed by atoms with Crippen molar-refractivity contribution in [1.82, 2.24) is 0 Å². The standard InChI is InChI=1S/C9H8F3IO2/c1-7(14)15-13(9(10,11)12)8-5-3-2-4-6-8/h2-6H,1H3. The van der Waals surface area contributed by atoms with Gasteiger partial charge in [0.1, 0.15) is 0 Å². The summed E-state index contributed by atoms with van der Waals surface area (Å²) in [7, 11) is 0. The Morgan fingerprint density at radius 1 is 1.27 bits per heavy atom. The summed E-state index contributed by atoms with van der Waals surface area (Å²) in [5, 5.41) is 0. The molecule has 0 spiro atoms. The minimum atomic E-state index is -4.43. The van der Waals surface area contributed by atoms with Gasteiger partial charge in [-0.3, -0.25) is 0 Å². The van der Waals surface area contributed by atoms with E-state index in [2.05, 4.69) is 3.07 Å². The third-order valence-corrected chi connectivity index (χ3v) is 5.33. The van der Waals surface area contributed by atoms with Crippen LogP contribution >= 0.6 is 20.2 Å². The molecule has 0 saturated heterocycles. The van der Waals surface area contributed by atoms with Crippen molar-refractivity contribution >= 4 is 26.2 Å². The number of hydrogen-bond acceptors (Lipinski definition) is 2. The third-order valence-electron chi connectivity index (χ3n) is 1.31. The van der Waals surface area contributed by atoms with E-state index in [1.54, 1.807) is 6.07 Å². The average Bonchev–Trinajstić information content (AvgIpc) is 2.14. The fourth-order valence-corrected chi connectivity index (χ4v) is 3.75. The van der Waals surface area contributed by atoms with Crippen molar-refractivity contribution in [3.63, 3.8) is 0 Å². The van der Waals surface area contributed by atoms with Gasteiger partial charge in [0.15, 0.2) is 0 Å². The van der Waals surface area contributed by atoms with Gasteiger partial charge in [-0.15, -0.1) is 0 Å². The molecule has 0 aromatic heterocycles. The zero-order chi connectivity index (χ0) is 11.5. The van der Waals surface area contributed by atoms with E-state index in [0.29, 0.717) is 0 Å². The van der Waals surface area contributed by atoms with Gasteiger partial charge in [-0.2, -0.15) is 0 Å². The van der Waals surface area contributed by atoms with Gasteiger partial charge in [0, 0.05) is 0 Å². The number of carbonyl (C=O) groups is 1. The van der Waals surface area contributed by atoms with Crippen molar-refractivity contribution < 1.29 is 21.0 Å². The number of benzene rings is 1. The summed E-state index contributed by atoms with van der Waals surface area (Å²) >= 11 is -3.88. The monoisotopic (exact) mass is 332 g/mol. The van der Waals surface area contributed by atoms with Crippen molar-refractivity contribution in [2.75, 3.05) is 0 Å². The quantitative estimate of drug-likeness (QED) is 0.613. The number of halogens is 4. The molecular formula is C9H8F3IO2. The molecule has 0 atom stereocenters. The van der Waals surface area contributed by atoms with Crippen LogP contribution in [-0.4, -0.2) is 10.2 Å². The fourth-order valence-electron chi connectivity index (χ4n) is 0.850. The number of hydrogen-bond donors (Lipinski definition) is 0. The van der Waals surface area contributed by atoms with Crippen LogP contribution in [0.2, 0.25) is 0 Å². The molecule has 1 rings (SSSR count). The number of alkyl halides is 4. The van der Waals surface area contributed by atoms with Gasteiger partial charge in [-0.05, 0) is 0 Å². The van der Waals surface area contributed by atoms with E-state index in [1.165, 1.54) is 24.3 Å². The summed E-state index contributed by atoms with van der Waals surface area (Å²) in [6.07, 6.45) is 0. The summed E-state index contributed by atoms with van der Waals surface area (Å²) in [5.74, 6) is -0.888. The summed E-state index contributed by atoms with van der Waals surface area (Å²) in [6.45, 7) is 0.985. The summed E-state index contributed by atoms with van der Waals surface area (Å²) in [6, 6.07) is 7.27. The molecule has 0 aliphatic heterocycles. The normalized spacial score (nSPS) is 12.1. The molecule has 1 aromatic rings. The van der Waals surface area contributed by atoms with Crippen LogP contribution in [0.15, 0.2) is 30.3 Å². The third kappa shape index (κ3) is 3.69. The molecule has 6 heteroatoms. The zero-order valence-corrected chi connectivity index (χ0v) is 9.87. The van der Waals surface area contributed by atoms with Crippen LogP contribution in [0.4, 0.5) is 13.2 Å². The molecule has 0 radical (unpaired) electrons. The van der Waals surface area contributed by atoms with Crippen LogP contribution in [0.25, 0.3) is 0 Å². The molecule has 0 amide bonds. The van der Waals surface area contributed by atoms with Gasteiger partial charge in [0.25, 0.3) is 0 Å². The van der Waals surface area contributed by atoms with Crippen molar-refractivity contribution in [3.05, 3.63) is 33.9 Å². The summed E-state index contributed by atoms with van der Waals surface area (Å²) in [5.41, 5.74) is 0. The van der Waals surface area contributed by atoms with Gasteiger partial charge in [-0.25, -0.2) is 0 Å². The molecule has 2 nitrogen and oxygen atoms in total. The van der Waals surface area contributed by atoms with E-state index < -0.39 is 30.4 Å². The van der Waals surface area contributed by atoms with Crippen LogP contribution in [0.3, 0.4) is 0 Å². The van der Waals surface area contributed by atoms with Gasteiger partial charge >= 0.3 is 92.2 Å². The molecule has 0 unspecified atom stereocenters. The maximum atomic E-state index is 12.6. The Bertz CT molecular complexity index is 337. The first kappa shape index (κ1) is 12.3. The minimum absolute atomic E-state index is 0.0735. The average molecular weight is 332 g/mol. The summed E-state index contributed by atoms with van der Waals surface area (Å²) in [4.78, 5) is 10.6. The molecule has 84 valence electrons. The topological polar surface area (TPSA) is 26.3 Å². The predicted octanol–water partition coefficient (Wildman–Crippen LogP) is 3.36. The van der Waals surface area contributed by atoms with Crippen LogP contribution in [0.1, 0.15) is 6.92 Å². The van der Waals surface area contributed by atoms with Crippen molar-refractivity contribution in [1.29, 1.82) is 0 Å². The van der Waals surface area contributed by atoms with Gasteiger partial charge in [-0.1, -0.05) is 0 Å². The Balaban J connectivity index is 2.97. The Morgan fingerprint density at radius 2 is 1.80 bits per heavy atom. The van der Waals surface area contributed by atoms with E-state index in [-0.39, 0.29) is 3.57 Å². The van der Waals surface area contributed by atoms with E-state index in [0.717, 1.165) is 6.92 Å². The molecule has 0 heterocycles. The molecule has 0 bridgehead atoms. The van der Waals surface area contributed by atoms with Crippen molar-refractivity contribution in [3.8, 4) is 0 Å². The summed E-state index contributed by atoms with van der Waals surface area (Å²) < 4.78 is 37.7. The molecule has 0 N–H and O–H groups in total. The molecule has 0 fully saturated rings. The Hall–Kier alpha value is -0.790. The van der Waals surface area contributed by atoms with Crippen LogP contribution < -0.4 is 0 Å². The zero-order valence-electron chi connectivity index (χ0n) is 7.72. The molecule has 0 aliphatic carbocycles. The van der Waals surface area contributed by atoms with Crippen LogP contribution in [0.5, 0.6) is 0 Å². The Morgan fingerprint density at radius 3 is 2.20 bits per heavy atom. The number of rotatable bonds is 2. The second-order valence-electron chi connectivity index (χ2n) is 2.54. The molecular weight excluding hydrogens is 324 g/mol. The van der Waals surface area contributed by atoms with Gasteiger partial charge < -0.3 is 0 Å². The van der Waals surface area contributed by atoms with Gasteiger partial charge in [0.05, 0.1) is 0 Å². The first-order chi connectivity index (χ1) is 6.91. The second kappa shape index (κ2) is 4.82. The number of carbonyl (C=O) groups excluding carboxylic acids is 1. The first-order valence-corrected chi connectivity index (χ1v) is 6.96. The van der Waals surface area contributed by atoms with E-state index in [9.17, 15) is 18.0 Å². The van der Waals surface area contributed by atoms with Crippen molar-refractivity contribution in [2.24, 2.45) is 0 Å². The SMILES string of the molecule is CC(=O)OI(c1ccccc1)C(F)(F)F. The van der Waals surface area contributed by atoms with E-state index in [4.69, 9.17) is 0 Å². The fraction of sp³-hybridized carbons (Fsp3) is 0.222. The van der Waals surface area contributed by atoms with Gasteiger partial charge in [0.2, 0.25) is 0 Å². The Labute approximate surface area is 92.4 Å². The Kier molecular flexibility index (Phi) is 3.95. The molecule has 0 aliphatic rings. The van der Waals surface area contributed by atoms with E-state index in [1.807, 2.05) is 0 Å².